The van der Waals surface area contributed by atoms with Gasteiger partial charge in [-0.3, -0.25) is 4.98 Å². The van der Waals surface area contributed by atoms with Crippen LogP contribution in [0.5, 0.6) is 0 Å². The van der Waals surface area contributed by atoms with Crippen molar-refractivity contribution < 1.29 is 8.42 Å². The van der Waals surface area contributed by atoms with E-state index in [1.807, 2.05) is 12.1 Å². The third-order valence-electron chi connectivity index (χ3n) is 5.33. The molecule has 1 fully saturated rings. The summed E-state index contributed by atoms with van der Waals surface area (Å²) in [5, 5.41) is 0.844. The van der Waals surface area contributed by atoms with E-state index in [1.165, 1.54) is 6.20 Å². The molecule has 0 unspecified atom stereocenters. The highest BCUT2D eigenvalue weighted by molar-refractivity contribution is 7.91. The molecule has 1 atom stereocenters. The molecule has 0 radical (unpaired) electrons. The van der Waals surface area contributed by atoms with E-state index in [0.717, 1.165) is 36.2 Å². The second-order valence-electron chi connectivity index (χ2n) is 7.14. The molecule has 6 heteroatoms. The maximum absolute atomic E-state index is 12.9. The summed E-state index contributed by atoms with van der Waals surface area (Å²) >= 11 is 0. The van der Waals surface area contributed by atoms with Gasteiger partial charge in [-0.25, -0.2) is 8.42 Å². The molecule has 1 saturated heterocycles. The monoisotopic (exact) mass is 381 g/mol. The first-order chi connectivity index (χ1) is 12.9. The fourth-order valence-corrected chi connectivity index (χ4v) is 4.72. The summed E-state index contributed by atoms with van der Waals surface area (Å²) in [7, 11) is -1.42. The number of likely N-dealkylation sites (N-methyl/N-ethyl adjacent to an activating group) is 1. The van der Waals surface area contributed by atoms with Gasteiger partial charge < -0.3 is 9.80 Å². The molecule has 5 nitrogen and oxygen atoms in total. The molecule has 3 aromatic rings. The molecule has 0 saturated carbocycles. The van der Waals surface area contributed by atoms with Crippen LogP contribution in [0.2, 0.25) is 0 Å². The summed E-state index contributed by atoms with van der Waals surface area (Å²) in [6.07, 6.45) is 1.45. The van der Waals surface area contributed by atoms with Crippen LogP contribution in [-0.4, -0.2) is 51.0 Å². The number of hydrogen-bond acceptors (Lipinski definition) is 5. The number of fused-ring (bicyclic) bond motifs is 1. The SMILES string of the molecule is C[C@@H]1CN(c2ccc3ncc(S(=O)(=O)c4ccccc4)cc3c2)CCN1C. The van der Waals surface area contributed by atoms with Gasteiger partial charge in [-0.2, -0.15) is 0 Å². The van der Waals surface area contributed by atoms with E-state index in [9.17, 15) is 8.42 Å². The lowest BCUT2D eigenvalue weighted by Crippen LogP contribution is -2.50. The molecular weight excluding hydrogens is 358 g/mol. The van der Waals surface area contributed by atoms with Crippen molar-refractivity contribution in [3.8, 4) is 0 Å². The first kappa shape index (κ1) is 17.9. The fourth-order valence-electron chi connectivity index (χ4n) is 3.46. The summed E-state index contributed by atoms with van der Waals surface area (Å²) in [4.78, 5) is 9.59. The zero-order chi connectivity index (χ0) is 19.0. The van der Waals surface area contributed by atoms with Gasteiger partial charge in [-0.1, -0.05) is 18.2 Å². The number of nitrogens with zero attached hydrogens (tertiary/aromatic N) is 3. The van der Waals surface area contributed by atoms with E-state index in [1.54, 1.807) is 36.4 Å². The molecule has 0 aliphatic carbocycles. The Morgan fingerprint density at radius 1 is 1.00 bits per heavy atom. The Hall–Kier alpha value is -2.44. The lowest BCUT2D eigenvalue weighted by molar-refractivity contribution is 0.234. The number of pyridine rings is 1. The van der Waals surface area contributed by atoms with Crippen molar-refractivity contribution in [3.63, 3.8) is 0 Å². The van der Waals surface area contributed by atoms with Gasteiger partial charge in [-0.05, 0) is 50.4 Å². The minimum atomic E-state index is -3.57. The van der Waals surface area contributed by atoms with Crippen molar-refractivity contribution in [1.82, 2.24) is 9.88 Å². The number of anilines is 1. The van der Waals surface area contributed by atoms with Crippen LogP contribution in [0, 0.1) is 0 Å². The molecule has 1 aliphatic rings. The Balaban J connectivity index is 1.72. The lowest BCUT2D eigenvalue weighted by Gasteiger charge is -2.39. The Morgan fingerprint density at radius 3 is 2.52 bits per heavy atom. The third-order valence-corrected chi connectivity index (χ3v) is 7.07. The highest BCUT2D eigenvalue weighted by Crippen LogP contribution is 2.27. The number of rotatable bonds is 3. The van der Waals surface area contributed by atoms with Crippen molar-refractivity contribution >= 4 is 26.4 Å². The van der Waals surface area contributed by atoms with Gasteiger partial charge >= 0.3 is 0 Å². The summed E-state index contributed by atoms with van der Waals surface area (Å²) in [5.74, 6) is 0. The van der Waals surface area contributed by atoms with Gasteiger partial charge in [0, 0.05) is 42.9 Å². The van der Waals surface area contributed by atoms with Crippen LogP contribution in [0.3, 0.4) is 0 Å². The standard InChI is InChI=1S/C21H23N3O2S/c1-16-15-24(11-10-23(16)2)18-8-9-21-17(12-18)13-20(14-22-21)27(25,26)19-6-4-3-5-7-19/h3-9,12-14,16H,10-11,15H2,1-2H3/t16-/m1/s1. The lowest BCUT2D eigenvalue weighted by atomic mass is 10.1. The molecule has 2 heterocycles. The molecule has 140 valence electrons. The highest BCUT2D eigenvalue weighted by Gasteiger charge is 2.22. The van der Waals surface area contributed by atoms with Crippen molar-refractivity contribution in [2.45, 2.75) is 22.8 Å². The average molecular weight is 382 g/mol. The second kappa shape index (κ2) is 6.94. The van der Waals surface area contributed by atoms with E-state index in [4.69, 9.17) is 0 Å². The zero-order valence-electron chi connectivity index (χ0n) is 15.5. The molecule has 0 bridgehead atoms. The van der Waals surface area contributed by atoms with Gasteiger partial charge in [0.1, 0.15) is 0 Å². The second-order valence-corrected chi connectivity index (χ2v) is 9.09. The predicted octanol–water partition coefficient (Wildman–Crippen LogP) is 3.21. The van der Waals surface area contributed by atoms with E-state index in [0.29, 0.717) is 6.04 Å². The van der Waals surface area contributed by atoms with Gasteiger partial charge in [0.05, 0.1) is 15.3 Å². The minimum Gasteiger partial charge on any atom is -0.369 e. The van der Waals surface area contributed by atoms with Gasteiger partial charge in [0.25, 0.3) is 0 Å². The van der Waals surface area contributed by atoms with E-state index in [-0.39, 0.29) is 9.79 Å². The molecule has 0 spiro atoms. The normalized spacial score (nSPS) is 18.7. The molecule has 0 amide bonds. The van der Waals surface area contributed by atoms with E-state index >= 15 is 0 Å². The minimum absolute atomic E-state index is 0.227. The number of sulfone groups is 1. The quantitative estimate of drug-likeness (QED) is 0.697. The molecule has 1 aromatic heterocycles. The largest absolute Gasteiger partial charge is 0.369 e. The van der Waals surface area contributed by atoms with Crippen LogP contribution in [0.4, 0.5) is 5.69 Å². The average Bonchev–Trinajstić information content (AvgIpc) is 2.70. The number of piperazine rings is 1. The summed E-state index contributed by atoms with van der Waals surface area (Å²) in [5.41, 5.74) is 1.91. The van der Waals surface area contributed by atoms with E-state index < -0.39 is 9.84 Å². The van der Waals surface area contributed by atoms with Crippen LogP contribution < -0.4 is 4.90 Å². The zero-order valence-corrected chi connectivity index (χ0v) is 16.4. The Morgan fingerprint density at radius 2 is 1.78 bits per heavy atom. The van der Waals surface area contributed by atoms with Crippen molar-refractivity contribution in [2.75, 3.05) is 31.6 Å². The molecule has 4 rings (SSSR count). The van der Waals surface area contributed by atoms with Crippen molar-refractivity contribution in [1.29, 1.82) is 0 Å². The van der Waals surface area contributed by atoms with Crippen molar-refractivity contribution in [3.05, 3.63) is 60.8 Å². The maximum atomic E-state index is 12.9. The first-order valence-corrected chi connectivity index (χ1v) is 10.6. The van der Waals surface area contributed by atoms with Gasteiger partial charge in [-0.15, -0.1) is 0 Å². The highest BCUT2D eigenvalue weighted by atomic mass is 32.2. The predicted molar refractivity (Wildman–Crippen MR) is 108 cm³/mol. The third kappa shape index (κ3) is 3.42. The first-order valence-electron chi connectivity index (χ1n) is 9.10. The van der Waals surface area contributed by atoms with Crippen LogP contribution >= 0.6 is 0 Å². The number of benzene rings is 2. The fraction of sp³-hybridized carbons (Fsp3) is 0.286. The maximum Gasteiger partial charge on any atom is 0.208 e. The summed E-state index contributed by atoms with van der Waals surface area (Å²) < 4.78 is 25.8. The molecule has 27 heavy (non-hydrogen) atoms. The van der Waals surface area contributed by atoms with Crippen LogP contribution in [-0.2, 0) is 9.84 Å². The van der Waals surface area contributed by atoms with Crippen LogP contribution in [0.15, 0.2) is 70.6 Å². The van der Waals surface area contributed by atoms with Crippen LogP contribution in [0.1, 0.15) is 6.92 Å². The Kier molecular flexibility index (Phi) is 4.61. The Labute approximate surface area is 160 Å². The smallest absolute Gasteiger partial charge is 0.208 e. The molecular formula is C21H23N3O2S. The summed E-state index contributed by atoms with van der Waals surface area (Å²) in [6, 6.07) is 16.8. The molecule has 2 aromatic carbocycles. The number of hydrogen-bond donors (Lipinski definition) is 0. The number of aromatic nitrogens is 1. The van der Waals surface area contributed by atoms with Crippen molar-refractivity contribution in [2.24, 2.45) is 0 Å². The van der Waals surface area contributed by atoms with E-state index in [2.05, 4.69) is 34.8 Å². The summed E-state index contributed by atoms with van der Waals surface area (Å²) in [6.45, 7) is 5.15. The van der Waals surface area contributed by atoms with Crippen LogP contribution in [0.25, 0.3) is 10.9 Å². The molecule has 1 aliphatic heterocycles. The van der Waals surface area contributed by atoms with Gasteiger partial charge in [0.2, 0.25) is 9.84 Å². The molecule has 0 N–H and O–H groups in total. The Bertz CT molecular complexity index is 1070. The van der Waals surface area contributed by atoms with Gasteiger partial charge in [0.15, 0.2) is 0 Å². The topological polar surface area (TPSA) is 53.5 Å².